The highest BCUT2D eigenvalue weighted by molar-refractivity contribution is 8.03. The second kappa shape index (κ2) is 21.0. The number of esters is 1. The summed E-state index contributed by atoms with van der Waals surface area (Å²) < 4.78 is 16.4. The summed E-state index contributed by atoms with van der Waals surface area (Å²) in [6, 6.07) is 15.3. The van der Waals surface area contributed by atoms with E-state index in [1.54, 1.807) is 0 Å². The van der Waals surface area contributed by atoms with E-state index in [1.165, 1.54) is 101 Å². The number of carbonyl (C=O) groups is 5. The molecule has 6 atom stereocenters. The Labute approximate surface area is 374 Å². The summed E-state index contributed by atoms with van der Waals surface area (Å²) in [5, 5.41) is 48.5. The molecule has 23 heteroatoms. The molecule has 3 aromatic carbocycles. The SMILES string of the molecule is C[C@@H](O)[C@H]1C(=O)N2C(C(=O)OCc3ccc([N+](=O)[O-])cc3)=C(S[C@H]3C[C@@H](CNC(=O)CCCNC(=O)OCc4ccc([N+](=O)[O-])cc4)N(C(=O)OCc4ccc([N+](=O)[O-])cc4)C3)[C@H](C)[C@H]12. The van der Waals surface area contributed by atoms with Gasteiger partial charge in [-0.25, -0.2) is 14.4 Å². The van der Waals surface area contributed by atoms with Gasteiger partial charge in [0.05, 0.1) is 38.9 Å². The third-order valence-corrected chi connectivity index (χ3v) is 12.6. The fourth-order valence-electron chi connectivity index (χ4n) is 7.77. The number of aliphatic hydroxyl groups excluding tert-OH is 1. The average molecular weight is 920 g/mol. The van der Waals surface area contributed by atoms with Gasteiger partial charge in [0.25, 0.3) is 17.1 Å². The Morgan fingerprint density at radius 3 is 1.82 bits per heavy atom. The van der Waals surface area contributed by atoms with E-state index in [0.29, 0.717) is 28.0 Å². The van der Waals surface area contributed by atoms with Crippen LogP contribution < -0.4 is 10.6 Å². The number of nitrogens with one attached hydrogen (secondary N) is 2. The first-order valence-corrected chi connectivity index (χ1v) is 21.3. The highest BCUT2D eigenvalue weighted by atomic mass is 32.2. The van der Waals surface area contributed by atoms with Crippen molar-refractivity contribution in [1.29, 1.82) is 0 Å². The molecule has 3 heterocycles. The Morgan fingerprint density at radius 2 is 1.31 bits per heavy atom. The van der Waals surface area contributed by atoms with E-state index >= 15 is 0 Å². The summed E-state index contributed by atoms with van der Waals surface area (Å²) in [7, 11) is 0. The number of carbonyl (C=O) groups excluding carboxylic acids is 5. The lowest BCUT2D eigenvalue weighted by atomic mass is 9.79. The molecule has 65 heavy (non-hydrogen) atoms. The van der Waals surface area contributed by atoms with Gasteiger partial charge in [-0.15, -0.1) is 11.8 Å². The van der Waals surface area contributed by atoms with Gasteiger partial charge in [-0.1, -0.05) is 6.92 Å². The summed E-state index contributed by atoms with van der Waals surface area (Å²) in [5.41, 5.74) is 1.13. The van der Waals surface area contributed by atoms with Gasteiger partial charge in [0.1, 0.15) is 25.5 Å². The molecule has 2 fully saturated rings. The third kappa shape index (κ3) is 11.5. The van der Waals surface area contributed by atoms with Crippen molar-refractivity contribution in [2.24, 2.45) is 11.8 Å². The summed E-state index contributed by atoms with van der Waals surface area (Å²) in [4.78, 5) is 101. The van der Waals surface area contributed by atoms with Gasteiger partial charge >= 0.3 is 18.2 Å². The molecule has 4 amide bonds. The van der Waals surface area contributed by atoms with Crippen LogP contribution in [-0.4, -0.2) is 103 Å². The van der Waals surface area contributed by atoms with Crippen LogP contribution in [-0.2, 0) is 48.4 Å². The molecule has 6 rings (SSSR count). The van der Waals surface area contributed by atoms with Crippen molar-refractivity contribution >= 4 is 58.8 Å². The molecule has 0 bridgehead atoms. The second-order valence-corrected chi connectivity index (χ2v) is 16.9. The number of fused-ring (bicyclic) bond motifs is 1. The highest BCUT2D eigenvalue weighted by Crippen LogP contribution is 2.52. The summed E-state index contributed by atoms with van der Waals surface area (Å²) >= 11 is 1.27. The minimum atomic E-state index is -1.01. The molecular formula is C42H45N7O15S. The largest absolute Gasteiger partial charge is 0.456 e. The minimum Gasteiger partial charge on any atom is -0.456 e. The van der Waals surface area contributed by atoms with Crippen molar-refractivity contribution in [1.82, 2.24) is 20.4 Å². The first-order chi connectivity index (χ1) is 31.0. The Hall–Kier alpha value is -7.14. The van der Waals surface area contributed by atoms with Crippen LogP contribution in [0.3, 0.4) is 0 Å². The first-order valence-electron chi connectivity index (χ1n) is 20.4. The molecule has 0 radical (unpaired) electrons. The minimum absolute atomic E-state index is 0.00328. The van der Waals surface area contributed by atoms with Gasteiger partial charge in [-0.05, 0) is 72.9 Å². The van der Waals surface area contributed by atoms with E-state index in [1.807, 2.05) is 6.92 Å². The standard InChI is InChI=1S/C42H45N7O15S/c1-24-36-35(25(2)50)39(52)46(36)37(40(53)62-21-26-5-11-29(12-6-26)47(56)57)38(24)65-33-18-32(45(20-33)42(55)64-23-28-9-15-31(16-10-28)49(60)61)19-44-34(51)4-3-17-43-41(54)63-22-27-7-13-30(14-8-27)48(58)59/h5-16,24-25,32-33,35-36,50H,3-4,17-23H2,1-2H3,(H,43,54)(H,44,51)/t24-,25-,32+,33+,35-,36-/m1/s1. The first kappa shape index (κ1) is 47.3. The quantitative estimate of drug-likeness (QED) is 0.0361. The molecule has 3 aliphatic heterocycles. The van der Waals surface area contributed by atoms with Crippen molar-refractivity contribution in [2.75, 3.05) is 19.6 Å². The Morgan fingerprint density at radius 1 is 0.800 bits per heavy atom. The van der Waals surface area contributed by atoms with E-state index in [2.05, 4.69) is 10.6 Å². The van der Waals surface area contributed by atoms with Crippen LogP contribution in [0.25, 0.3) is 0 Å². The maximum atomic E-state index is 13.8. The van der Waals surface area contributed by atoms with Crippen LogP contribution in [0.4, 0.5) is 26.7 Å². The number of thioether (sulfide) groups is 1. The number of nitrogens with zero attached hydrogens (tertiary/aromatic N) is 5. The zero-order valence-corrected chi connectivity index (χ0v) is 35.9. The lowest BCUT2D eigenvalue weighted by Crippen LogP contribution is -2.63. The van der Waals surface area contributed by atoms with Crippen LogP contribution in [0.15, 0.2) is 83.4 Å². The molecule has 0 aromatic heterocycles. The molecule has 3 N–H and O–H groups in total. The van der Waals surface area contributed by atoms with Crippen molar-refractivity contribution in [3.05, 3.63) is 130 Å². The van der Waals surface area contributed by atoms with Crippen molar-refractivity contribution in [3.63, 3.8) is 0 Å². The number of nitro groups is 3. The fourth-order valence-corrected chi connectivity index (χ4v) is 9.33. The third-order valence-electron chi connectivity index (χ3n) is 11.1. The number of amides is 4. The molecule has 0 unspecified atom stereocenters. The molecular weight excluding hydrogens is 875 g/mol. The predicted molar refractivity (Wildman–Crippen MR) is 228 cm³/mol. The maximum absolute atomic E-state index is 13.8. The molecule has 3 aliphatic rings. The van der Waals surface area contributed by atoms with E-state index in [4.69, 9.17) is 14.2 Å². The van der Waals surface area contributed by atoms with Crippen LogP contribution in [0.2, 0.25) is 0 Å². The number of alkyl carbamates (subject to hydrolysis) is 1. The number of nitro benzene ring substituents is 3. The molecule has 3 aromatic rings. The second-order valence-electron chi connectivity index (χ2n) is 15.6. The Bertz CT molecular complexity index is 2340. The summed E-state index contributed by atoms with van der Waals surface area (Å²) in [6.45, 7) is 2.94. The highest BCUT2D eigenvalue weighted by Gasteiger charge is 2.60. The number of ether oxygens (including phenoxy) is 3. The summed E-state index contributed by atoms with van der Waals surface area (Å²) in [6.07, 6.45) is -1.94. The van der Waals surface area contributed by atoms with Crippen LogP contribution in [0.5, 0.6) is 0 Å². The van der Waals surface area contributed by atoms with Gasteiger partial charge < -0.3 is 39.8 Å². The molecule has 0 spiro atoms. The monoisotopic (exact) mass is 919 g/mol. The lowest BCUT2D eigenvalue weighted by molar-refractivity contribution is -0.385. The number of non-ortho nitro benzene ring substituents is 3. The average Bonchev–Trinajstić information content (AvgIpc) is 3.80. The Balaban J connectivity index is 1.10. The zero-order chi connectivity index (χ0) is 46.9. The predicted octanol–water partition coefficient (Wildman–Crippen LogP) is 4.86. The lowest BCUT2D eigenvalue weighted by Gasteiger charge is -2.46. The summed E-state index contributed by atoms with van der Waals surface area (Å²) in [5.74, 6) is -2.84. The molecule has 22 nitrogen and oxygen atoms in total. The van der Waals surface area contributed by atoms with Gasteiger partial charge in [-0.2, -0.15) is 0 Å². The topological polar surface area (TPSA) is 293 Å². The Kier molecular flexibility index (Phi) is 15.3. The van der Waals surface area contributed by atoms with Gasteiger partial charge in [0, 0.05) is 78.5 Å². The number of aliphatic hydroxyl groups is 1. The van der Waals surface area contributed by atoms with Crippen LogP contribution in [0.1, 0.15) is 49.8 Å². The van der Waals surface area contributed by atoms with Gasteiger partial charge in [-0.3, -0.25) is 39.9 Å². The normalized spacial score (nSPS) is 20.3. The van der Waals surface area contributed by atoms with Gasteiger partial charge in [0.15, 0.2) is 0 Å². The number of benzene rings is 3. The van der Waals surface area contributed by atoms with Crippen molar-refractivity contribution in [3.8, 4) is 0 Å². The number of hydrogen-bond acceptors (Lipinski definition) is 16. The maximum Gasteiger partial charge on any atom is 0.410 e. The van der Waals surface area contributed by atoms with Gasteiger partial charge in [0.2, 0.25) is 11.8 Å². The van der Waals surface area contributed by atoms with E-state index in [-0.39, 0.29) is 81.0 Å². The number of β-lactam (4-membered cyclic amide) rings is 1. The smallest absolute Gasteiger partial charge is 0.410 e. The van der Waals surface area contributed by atoms with Crippen molar-refractivity contribution < 1.29 is 58.1 Å². The zero-order valence-electron chi connectivity index (χ0n) is 35.1. The molecule has 344 valence electrons. The molecule has 0 aliphatic carbocycles. The molecule has 2 saturated heterocycles. The van der Waals surface area contributed by atoms with E-state index in [9.17, 15) is 59.4 Å². The number of rotatable bonds is 19. The van der Waals surface area contributed by atoms with Crippen molar-refractivity contribution in [2.45, 2.75) is 76.4 Å². The van der Waals surface area contributed by atoms with Crippen LogP contribution >= 0.6 is 11.8 Å². The van der Waals surface area contributed by atoms with Crippen LogP contribution in [0, 0.1) is 42.2 Å². The van der Waals surface area contributed by atoms with E-state index in [0.717, 1.165) is 0 Å². The number of likely N-dealkylation sites (tertiary alicyclic amines) is 1. The fraction of sp³-hybridized carbons (Fsp3) is 0.405. The molecule has 0 saturated carbocycles. The number of hydrogen-bond donors (Lipinski definition) is 3. The van der Waals surface area contributed by atoms with E-state index < -0.39 is 74.1 Å².